The second kappa shape index (κ2) is 8.72. The predicted molar refractivity (Wildman–Crippen MR) is 104 cm³/mol. The van der Waals surface area contributed by atoms with Crippen molar-refractivity contribution < 1.29 is 23.0 Å². The first-order valence-corrected chi connectivity index (χ1v) is 8.91. The molecular weight excluding hydrogens is 380 g/mol. The number of methoxy groups -OCH3 is 1. The summed E-state index contributed by atoms with van der Waals surface area (Å²) in [6.07, 6.45) is 1.53. The third kappa shape index (κ3) is 4.53. The van der Waals surface area contributed by atoms with E-state index in [9.17, 15) is 13.6 Å². The Labute approximate surface area is 167 Å². The number of aromatic nitrogens is 2. The molecule has 1 heterocycles. The maximum atomic E-state index is 12.6. The third-order valence-electron chi connectivity index (χ3n) is 4.50. The summed E-state index contributed by atoms with van der Waals surface area (Å²) in [6, 6.07) is 12.3. The molecule has 0 radical (unpaired) electrons. The Kier molecular flexibility index (Phi) is 6.11. The van der Waals surface area contributed by atoms with Gasteiger partial charge in [-0.1, -0.05) is 24.3 Å². The number of para-hydroxylation sites is 1. The number of nitrogens with zero attached hydrogens (tertiary/aromatic N) is 2. The molecule has 29 heavy (non-hydrogen) atoms. The van der Waals surface area contributed by atoms with E-state index in [2.05, 4.69) is 15.2 Å². The first-order valence-electron chi connectivity index (χ1n) is 8.91. The normalized spacial score (nSPS) is 10.8. The van der Waals surface area contributed by atoms with E-state index < -0.39 is 6.61 Å². The fourth-order valence-corrected chi connectivity index (χ4v) is 2.97. The summed E-state index contributed by atoms with van der Waals surface area (Å²) in [5.41, 5.74) is 3.81. The molecule has 0 saturated heterocycles. The lowest BCUT2D eigenvalue weighted by Crippen LogP contribution is -2.23. The molecule has 0 bridgehead atoms. The molecule has 0 spiro atoms. The molecular formula is C21H21F2N3O3. The molecule has 0 saturated carbocycles. The highest BCUT2D eigenvalue weighted by atomic mass is 19.3. The average Bonchev–Trinajstić information content (AvgIpc) is 3.08. The summed E-state index contributed by atoms with van der Waals surface area (Å²) in [5.74, 6) is -0.178. The van der Waals surface area contributed by atoms with E-state index in [0.29, 0.717) is 11.1 Å². The molecule has 6 nitrogen and oxygen atoms in total. The zero-order chi connectivity index (χ0) is 21.0. The standard InChI is InChI=1S/C21H21F2N3O3/c1-13-6-4-5-7-17(13)26-14(2)16(12-25-26)20(27)24-11-15-8-9-18(29-21(22)23)19(10-15)28-3/h4-10,12,21H,11H2,1-3H3,(H,24,27). The molecule has 152 valence electrons. The lowest BCUT2D eigenvalue weighted by Gasteiger charge is -2.12. The quantitative estimate of drug-likeness (QED) is 0.649. The Morgan fingerprint density at radius 2 is 1.93 bits per heavy atom. The number of hydrogen-bond donors (Lipinski definition) is 1. The zero-order valence-electron chi connectivity index (χ0n) is 16.3. The first-order chi connectivity index (χ1) is 13.9. The third-order valence-corrected chi connectivity index (χ3v) is 4.50. The molecule has 3 aromatic rings. The van der Waals surface area contributed by atoms with Crippen LogP contribution in [0.2, 0.25) is 0 Å². The fraction of sp³-hybridized carbons (Fsp3) is 0.238. The van der Waals surface area contributed by atoms with Gasteiger partial charge >= 0.3 is 6.61 Å². The van der Waals surface area contributed by atoms with Gasteiger partial charge in [0.05, 0.1) is 30.3 Å². The van der Waals surface area contributed by atoms with E-state index in [1.165, 1.54) is 19.4 Å². The van der Waals surface area contributed by atoms with Crippen molar-refractivity contribution in [3.05, 3.63) is 71.0 Å². The van der Waals surface area contributed by atoms with Crippen LogP contribution in [0.15, 0.2) is 48.7 Å². The number of ether oxygens (including phenoxy) is 2. The van der Waals surface area contributed by atoms with Gasteiger partial charge < -0.3 is 14.8 Å². The molecule has 2 aromatic carbocycles. The number of rotatable bonds is 7. The van der Waals surface area contributed by atoms with Gasteiger partial charge in [0.1, 0.15) is 0 Å². The Bertz CT molecular complexity index is 1020. The molecule has 1 N–H and O–H groups in total. The molecule has 8 heteroatoms. The topological polar surface area (TPSA) is 65.4 Å². The van der Waals surface area contributed by atoms with Crippen molar-refractivity contribution in [2.45, 2.75) is 27.0 Å². The summed E-state index contributed by atoms with van der Waals surface area (Å²) in [5, 5.41) is 7.15. The van der Waals surface area contributed by atoms with Crippen molar-refractivity contribution in [1.82, 2.24) is 15.1 Å². The number of carbonyl (C=O) groups excluding carboxylic acids is 1. The van der Waals surface area contributed by atoms with Gasteiger partial charge in [-0.25, -0.2) is 4.68 Å². The molecule has 1 amide bonds. The number of aryl methyl sites for hydroxylation is 1. The number of amides is 1. The fourth-order valence-electron chi connectivity index (χ4n) is 2.97. The Morgan fingerprint density at radius 3 is 2.62 bits per heavy atom. The molecule has 0 aliphatic heterocycles. The van der Waals surface area contributed by atoms with Gasteiger partial charge in [0.15, 0.2) is 11.5 Å². The lowest BCUT2D eigenvalue weighted by atomic mass is 10.1. The molecule has 3 rings (SSSR count). The molecule has 0 fully saturated rings. The maximum absolute atomic E-state index is 12.6. The summed E-state index contributed by atoms with van der Waals surface area (Å²) < 4.78 is 36.0. The Hall–Kier alpha value is -3.42. The number of alkyl halides is 2. The highest BCUT2D eigenvalue weighted by Gasteiger charge is 2.16. The molecule has 0 unspecified atom stereocenters. The predicted octanol–water partition coefficient (Wildman–Crippen LogP) is 4.03. The second-order valence-electron chi connectivity index (χ2n) is 6.39. The van der Waals surface area contributed by atoms with Gasteiger partial charge in [0, 0.05) is 6.54 Å². The molecule has 0 atom stereocenters. The number of nitrogens with one attached hydrogen (secondary N) is 1. The Morgan fingerprint density at radius 1 is 1.17 bits per heavy atom. The first kappa shape index (κ1) is 20.3. The number of halogens is 2. The van der Waals surface area contributed by atoms with E-state index in [1.807, 2.05) is 38.1 Å². The second-order valence-corrected chi connectivity index (χ2v) is 6.39. The highest BCUT2D eigenvalue weighted by Crippen LogP contribution is 2.29. The minimum absolute atomic E-state index is 0.0621. The van der Waals surface area contributed by atoms with Crippen LogP contribution in [-0.2, 0) is 6.54 Å². The summed E-state index contributed by atoms with van der Waals surface area (Å²) in [4.78, 5) is 12.6. The van der Waals surface area contributed by atoms with Gasteiger partial charge in [-0.2, -0.15) is 13.9 Å². The smallest absolute Gasteiger partial charge is 0.387 e. The molecule has 0 aliphatic rings. The largest absolute Gasteiger partial charge is 0.493 e. The van der Waals surface area contributed by atoms with Gasteiger partial charge in [-0.15, -0.1) is 0 Å². The zero-order valence-corrected chi connectivity index (χ0v) is 16.3. The molecule has 0 aliphatic carbocycles. The van der Waals surface area contributed by atoms with Crippen LogP contribution < -0.4 is 14.8 Å². The summed E-state index contributed by atoms with van der Waals surface area (Å²) in [7, 11) is 1.36. The van der Waals surface area contributed by atoms with E-state index in [0.717, 1.165) is 16.9 Å². The van der Waals surface area contributed by atoms with E-state index in [4.69, 9.17) is 4.74 Å². The van der Waals surface area contributed by atoms with Crippen LogP contribution in [-0.4, -0.2) is 29.4 Å². The van der Waals surface area contributed by atoms with Crippen molar-refractivity contribution in [2.24, 2.45) is 0 Å². The average molecular weight is 401 g/mol. The Balaban J connectivity index is 1.73. The van der Waals surface area contributed by atoms with E-state index >= 15 is 0 Å². The summed E-state index contributed by atoms with van der Waals surface area (Å²) >= 11 is 0. The van der Waals surface area contributed by atoms with Crippen molar-refractivity contribution >= 4 is 5.91 Å². The van der Waals surface area contributed by atoms with Crippen LogP contribution in [0.25, 0.3) is 5.69 Å². The maximum Gasteiger partial charge on any atom is 0.387 e. The van der Waals surface area contributed by atoms with Gasteiger partial charge in [-0.3, -0.25) is 4.79 Å². The lowest BCUT2D eigenvalue weighted by molar-refractivity contribution is -0.0512. The van der Waals surface area contributed by atoms with Crippen LogP contribution in [0.5, 0.6) is 11.5 Å². The number of carbonyl (C=O) groups is 1. The van der Waals surface area contributed by atoms with E-state index in [-0.39, 0.29) is 24.0 Å². The van der Waals surface area contributed by atoms with E-state index in [1.54, 1.807) is 16.8 Å². The minimum Gasteiger partial charge on any atom is -0.493 e. The van der Waals surface area contributed by atoms with Crippen LogP contribution in [0.3, 0.4) is 0 Å². The monoisotopic (exact) mass is 401 g/mol. The van der Waals surface area contributed by atoms with Crippen molar-refractivity contribution in [1.29, 1.82) is 0 Å². The number of hydrogen-bond acceptors (Lipinski definition) is 4. The highest BCUT2D eigenvalue weighted by molar-refractivity contribution is 5.95. The summed E-state index contributed by atoms with van der Waals surface area (Å²) in [6.45, 7) is 1.06. The van der Waals surface area contributed by atoms with Crippen molar-refractivity contribution in [3.8, 4) is 17.2 Å². The van der Waals surface area contributed by atoms with Crippen LogP contribution in [0.4, 0.5) is 8.78 Å². The number of benzene rings is 2. The van der Waals surface area contributed by atoms with Gasteiger partial charge in [0.25, 0.3) is 5.91 Å². The van der Waals surface area contributed by atoms with Crippen LogP contribution >= 0.6 is 0 Å². The van der Waals surface area contributed by atoms with Crippen LogP contribution in [0, 0.1) is 13.8 Å². The van der Waals surface area contributed by atoms with Crippen molar-refractivity contribution in [3.63, 3.8) is 0 Å². The van der Waals surface area contributed by atoms with Crippen molar-refractivity contribution in [2.75, 3.05) is 7.11 Å². The molecule has 1 aromatic heterocycles. The SMILES string of the molecule is COc1cc(CNC(=O)c2cnn(-c3ccccc3C)c2C)ccc1OC(F)F. The van der Waals surface area contributed by atoms with Crippen LogP contribution in [0.1, 0.15) is 27.2 Å². The van der Waals surface area contributed by atoms with Gasteiger partial charge in [0.2, 0.25) is 0 Å². The van der Waals surface area contributed by atoms with Gasteiger partial charge in [-0.05, 0) is 43.2 Å². The minimum atomic E-state index is -2.94.